The van der Waals surface area contributed by atoms with Gasteiger partial charge < -0.3 is 24.0 Å². The van der Waals surface area contributed by atoms with Gasteiger partial charge in [-0.05, 0) is 44.2 Å². The van der Waals surface area contributed by atoms with E-state index in [0.717, 1.165) is 34.2 Å². The third-order valence-corrected chi connectivity index (χ3v) is 6.30. The van der Waals surface area contributed by atoms with Crippen LogP contribution in [0.15, 0.2) is 36.4 Å². The van der Waals surface area contributed by atoms with Crippen LogP contribution in [0.4, 0.5) is 5.13 Å². The van der Waals surface area contributed by atoms with Gasteiger partial charge in [-0.2, -0.15) is 0 Å². The Hall–Kier alpha value is -3.00. The van der Waals surface area contributed by atoms with E-state index >= 15 is 0 Å². The van der Waals surface area contributed by atoms with Crippen LogP contribution in [0.2, 0.25) is 0 Å². The van der Waals surface area contributed by atoms with E-state index in [1.54, 1.807) is 24.5 Å². The summed E-state index contributed by atoms with van der Waals surface area (Å²) >= 11 is 1.65. The van der Waals surface area contributed by atoms with Crippen molar-refractivity contribution in [2.75, 3.05) is 51.4 Å². The van der Waals surface area contributed by atoms with Crippen LogP contribution in [-0.4, -0.2) is 62.3 Å². The highest BCUT2D eigenvalue weighted by atomic mass is 32.1. The number of hydrogen-bond donors (Lipinski definition) is 0. The molecule has 1 aliphatic heterocycles. The topological polar surface area (TPSA) is 64.1 Å². The molecule has 1 fully saturated rings. The van der Waals surface area contributed by atoms with Gasteiger partial charge in [0, 0.05) is 31.7 Å². The van der Waals surface area contributed by atoms with E-state index in [2.05, 4.69) is 11.0 Å². The van der Waals surface area contributed by atoms with Gasteiger partial charge in [0.2, 0.25) is 0 Å². The maximum atomic E-state index is 13.1. The smallest absolute Gasteiger partial charge is 0.254 e. The highest BCUT2D eigenvalue weighted by molar-refractivity contribution is 7.22. The second kappa shape index (κ2) is 9.43. The largest absolute Gasteiger partial charge is 0.494 e. The molecule has 4 rings (SSSR count). The molecule has 1 aromatic heterocycles. The van der Waals surface area contributed by atoms with Gasteiger partial charge in [0.1, 0.15) is 11.3 Å². The Morgan fingerprint density at radius 2 is 1.74 bits per heavy atom. The van der Waals surface area contributed by atoms with Crippen molar-refractivity contribution in [1.82, 2.24) is 9.88 Å². The summed E-state index contributed by atoms with van der Waals surface area (Å²) in [6, 6.07) is 11.4. The number of anilines is 1. The van der Waals surface area contributed by atoms with E-state index < -0.39 is 0 Å². The number of aromatic nitrogens is 1. The summed E-state index contributed by atoms with van der Waals surface area (Å²) in [4.78, 5) is 22.0. The summed E-state index contributed by atoms with van der Waals surface area (Å²) in [6.45, 7) is 7.67. The minimum Gasteiger partial charge on any atom is -0.494 e. The number of fused-ring (bicyclic) bond motifs is 1. The van der Waals surface area contributed by atoms with Crippen molar-refractivity contribution < 1.29 is 19.0 Å². The Balaban J connectivity index is 1.45. The lowest BCUT2D eigenvalue weighted by Gasteiger charge is -2.34. The molecular formula is C23H27N3O4S. The summed E-state index contributed by atoms with van der Waals surface area (Å²) in [5.41, 5.74) is 1.51. The minimum absolute atomic E-state index is 0.00891. The summed E-state index contributed by atoms with van der Waals surface area (Å²) in [7, 11) is 1.66. The van der Waals surface area contributed by atoms with Gasteiger partial charge in [0.25, 0.3) is 5.91 Å². The molecule has 0 spiro atoms. The molecule has 0 bridgehead atoms. The van der Waals surface area contributed by atoms with E-state index in [1.807, 2.05) is 43.0 Å². The quantitative estimate of drug-likeness (QED) is 0.551. The monoisotopic (exact) mass is 441 g/mol. The molecule has 8 heteroatoms. The number of hydrogen-bond acceptors (Lipinski definition) is 7. The van der Waals surface area contributed by atoms with Gasteiger partial charge in [0.05, 0.1) is 25.0 Å². The maximum absolute atomic E-state index is 13.1. The lowest BCUT2D eigenvalue weighted by molar-refractivity contribution is 0.0746. The average Bonchev–Trinajstić information content (AvgIpc) is 3.25. The Kier molecular flexibility index (Phi) is 6.46. The number of piperazine rings is 1. The summed E-state index contributed by atoms with van der Waals surface area (Å²) in [6.07, 6.45) is 0. The van der Waals surface area contributed by atoms with Crippen molar-refractivity contribution in [3.63, 3.8) is 0 Å². The third kappa shape index (κ3) is 4.39. The van der Waals surface area contributed by atoms with Crippen molar-refractivity contribution >= 4 is 32.6 Å². The molecule has 2 heterocycles. The van der Waals surface area contributed by atoms with Crippen LogP contribution >= 0.6 is 11.3 Å². The van der Waals surface area contributed by atoms with Crippen LogP contribution in [0.3, 0.4) is 0 Å². The maximum Gasteiger partial charge on any atom is 0.254 e. The molecule has 0 radical (unpaired) electrons. The van der Waals surface area contributed by atoms with Gasteiger partial charge in [-0.3, -0.25) is 4.79 Å². The second-order valence-electron chi connectivity index (χ2n) is 7.11. The number of thiazole rings is 1. The number of rotatable bonds is 7. The van der Waals surface area contributed by atoms with Gasteiger partial charge in [0.15, 0.2) is 16.6 Å². The van der Waals surface area contributed by atoms with Crippen LogP contribution in [-0.2, 0) is 0 Å². The van der Waals surface area contributed by atoms with E-state index in [-0.39, 0.29) is 5.91 Å². The molecule has 1 amide bonds. The van der Waals surface area contributed by atoms with Crippen LogP contribution in [0.25, 0.3) is 10.2 Å². The van der Waals surface area contributed by atoms with Crippen LogP contribution in [0.5, 0.6) is 17.2 Å². The predicted molar refractivity (Wildman–Crippen MR) is 123 cm³/mol. The lowest BCUT2D eigenvalue weighted by Crippen LogP contribution is -2.48. The fourth-order valence-corrected chi connectivity index (χ4v) is 4.71. The molecule has 0 N–H and O–H groups in total. The number of nitrogens with zero attached hydrogens (tertiary/aromatic N) is 3. The first-order valence-corrected chi connectivity index (χ1v) is 11.3. The highest BCUT2D eigenvalue weighted by Crippen LogP contribution is 2.34. The van der Waals surface area contributed by atoms with Gasteiger partial charge in [-0.1, -0.05) is 17.4 Å². The molecule has 0 atom stereocenters. The average molecular weight is 442 g/mol. The number of carbonyl (C=O) groups excluding carboxylic acids is 1. The first-order chi connectivity index (χ1) is 15.1. The van der Waals surface area contributed by atoms with E-state index in [1.165, 1.54) is 0 Å². The molecule has 2 aromatic carbocycles. The zero-order chi connectivity index (χ0) is 21.8. The molecule has 1 aliphatic rings. The first kappa shape index (κ1) is 21.2. The zero-order valence-electron chi connectivity index (χ0n) is 18.1. The standard InChI is InChI=1S/C23H27N3O4S/c1-4-29-17-10-9-16(15-19(17)30-5-2)22(27)25-11-13-26(14-12-25)23-24-21-18(28-3)7-6-8-20(21)31-23/h6-10,15H,4-5,11-14H2,1-3H3. The number of carbonyl (C=O) groups is 1. The predicted octanol–water partition coefficient (Wildman–Crippen LogP) is 4.06. The molecule has 0 saturated carbocycles. The lowest BCUT2D eigenvalue weighted by atomic mass is 10.1. The Bertz CT molecular complexity index is 1060. The second-order valence-corrected chi connectivity index (χ2v) is 8.12. The van der Waals surface area contributed by atoms with Crippen molar-refractivity contribution in [1.29, 1.82) is 0 Å². The first-order valence-electron chi connectivity index (χ1n) is 10.5. The zero-order valence-corrected chi connectivity index (χ0v) is 18.9. The molecular weight excluding hydrogens is 414 g/mol. The molecule has 0 unspecified atom stereocenters. The van der Waals surface area contributed by atoms with Crippen molar-refractivity contribution in [2.45, 2.75) is 13.8 Å². The van der Waals surface area contributed by atoms with E-state index in [9.17, 15) is 4.79 Å². The number of methoxy groups -OCH3 is 1. The Labute approximate surface area is 186 Å². The molecule has 31 heavy (non-hydrogen) atoms. The number of benzene rings is 2. The van der Waals surface area contributed by atoms with Crippen molar-refractivity contribution in [3.8, 4) is 17.2 Å². The number of amides is 1. The highest BCUT2D eigenvalue weighted by Gasteiger charge is 2.25. The van der Waals surface area contributed by atoms with E-state index in [4.69, 9.17) is 19.2 Å². The molecule has 164 valence electrons. The van der Waals surface area contributed by atoms with Gasteiger partial charge in [-0.25, -0.2) is 4.98 Å². The summed E-state index contributed by atoms with van der Waals surface area (Å²) < 4.78 is 17.8. The minimum atomic E-state index is 0.00891. The molecule has 1 saturated heterocycles. The number of para-hydroxylation sites is 1. The van der Waals surface area contributed by atoms with Crippen LogP contribution in [0, 0.1) is 0 Å². The van der Waals surface area contributed by atoms with Gasteiger partial charge in [-0.15, -0.1) is 0 Å². The Morgan fingerprint density at radius 1 is 1.00 bits per heavy atom. The third-order valence-electron chi connectivity index (χ3n) is 5.22. The summed E-state index contributed by atoms with van der Waals surface area (Å²) in [5, 5.41) is 0.964. The van der Waals surface area contributed by atoms with Crippen molar-refractivity contribution in [2.24, 2.45) is 0 Å². The van der Waals surface area contributed by atoms with Crippen LogP contribution in [0.1, 0.15) is 24.2 Å². The normalized spacial score (nSPS) is 14.0. The fourth-order valence-electron chi connectivity index (χ4n) is 3.68. The molecule has 3 aromatic rings. The van der Waals surface area contributed by atoms with Gasteiger partial charge >= 0.3 is 0 Å². The number of ether oxygens (including phenoxy) is 3. The summed E-state index contributed by atoms with van der Waals surface area (Å²) in [5.74, 6) is 2.07. The molecule has 7 nitrogen and oxygen atoms in total. The van der Waals surface area contributed by atoms with Crippen LogP contribution < -0.4 is 19.1 Å². The molecule has 0 aliphatic carbocycles. The van der Waals surface area contributed by atoms with Crippen molar-refractivity contribution in [3.05, 3.63) is 42.0 Å². The SMILES string of the molecule is CCOc1ccc(C(=O)N2CCN(c3nc4c(OC)cccc4s3)CC2)cc1OCC. The van der Waals surface area contributed by atoms with E-state index in [0.29, 0.717) is 43.4 Å². The Morgan fingerprint density at radius 3 is 2.45 bits per heavy atom. The fraction of sp³-hybridized carbons (Fsp3) is 0.391.